The lowest BCUT2D eigenvalue weighted by Gasteiger charge is -2.61. The fourth-order valence-corrected chi connectivity index (χ4v) is 7.95. The van der Waals surface area contributed by atoms with Crippen LogP contribution in [0.3, 0.4) is 0 Å². The third-order valence-electron chi connectivity index (χ3n) is 9.33. The lowest BCUT2D eigenvalue weighted by molar-refractivity contribution is -0.162. The smallest absolute Gasteiger partial charge is 0.161 e. The van der Waals surface area contributed by atoms with Crippen LogP contribution in [0.15, 0.2) is 11.6 Å². The normalized spacial score (nSPS) is 47.8. The van der Waals surface area contributed by atoms with Crippen LogP contribution in [0.4, 0.5) is 0 Å². The summed E-state index contributed by atoms with van der Waals surface area (Å²) in [5.41, 5.74) is 0.166. The first-order chi connectivity index (χ1) is 12.2. The van der Waals surface area contributed by atoms with E-state index in [9.17, 15) is 14.7 Å². The maximum Gasteiger partial charge on any atom is 0.161 e. The Morgan fingerprint density at radius 3 is 2.46 bits per heavy atom. The van der Waals surface area contributed by atoms with Gasteiger partial charge in [-0.2, -0.15) is 0 Å². The highest BCUT2D eigenvalue weighted by Crippen LogP contribution is 2.69. The van der Waals surface area contributed by atoms with Crippen LogP contribution >= 0.6 is 0 Å². The second kappa shape index (κ2) is 5.77. The molecule has 0 unspecified atom stereocenters. The van der Waals surface area contributed by atoms with Gasteiger partial charge in [0.1, 0.15) is 5.60 Å². The molecule has 3 fully saturated rings. The van der Waals surface area contributed by atoms with Gasteiger partial charge in [0.05, 0.1) is 0 Å². The summed E-state index contributed by atoms with van der Waals surface area (Å²) in [7, 11) is 0. The van der Waals surface area contributed by atoms with Crippen molar-refractivity contribution < 1.29 is 14.7 Å². The molecule has 0 radical (unpaired) electrons. The van der Waals surface area contributed by atoms with Crippen molar-refractivity contribution in [1.29, 1.82) is 0 Å². The molecular weight excluding hydrogens is 324 g/mol. The number of fused-ring (bicyclic) bond motifs is 5. The van der Waals surface area contributed by atoms with Gasteiger partial charge in [0.15, 0.2) is 11.6 Å². The van der Waals surface area contributed by atoms with Crippen LogP contribution in [0, 0.1) is 34.5 Å². The van der Waals surface area contributed by atoms with Crippen LogP contribution in [0.1, 0.15) is 79.1 Å². The van der Waals surface area contributed by atoms with E-state index < -0.39 is 5.60 Å². The zero-order valence-corrected chi connectivity index (χ0v) is 16.8. The Morgan fingerprint density at radius 1 is 1.12 bits per heavy atom. The van der Waals surface area contributed by atoms with E-state index in [0.717, 1.165) is 38.5 Å². The van der Waals surface area contributed by atoms with Gasteiger partial charge >= 0.3 is 0 Å². The van der Waals surface area contributed by atoms with Crippen molar-refractivity contribution in [2.75, 3.05) is 0 Å². The van der Waals surface area contributed by atoms with Gasteiger partial charge in [0.25, 0.3) is 0 Å². The zero-order chi connectivity index (χ0) is 18.9. The predicted molar refractivity (Wildman–Crippen MR) is 102 cm³/mol. The first kappa shape index (κ1) is 18.4. The van der Waals surface area contributed by atoms with Crippen molar-refractivity contribution in [1.82, 2.24) is 0 Å². The minimum atomic E-state index is -1.13. The largest absolute Gasteiger partial charge is 0.382 e. The number of ketones is 2. The Bertz CT molecular complexity index is 677. The lowest BCUT2D eigenvalue weighted by atomic mass is 9.43. The van der Waals surface area contributed by atoms with E-state index >= 15 is 0 Å². The number of Topliss-reactive ketones (excluding diaryl/α,β-unsaturated/α-hetero) is 1. The first-order valence-corrected chi connectivity index (χ1v) is 10.6. The van der Waals surface area contributed by atoms with Gasteiger partial charge in [0, 0.05) is 11.8 Å². The third-order valence-corrected chi connectivity index (χ3v) is 9.33. The molecule has 0 bridgehead atoms. The molecule has 0 aromatic carbocycles. The summed E-state index contributed by atoms with van der Waals surface area (Å²) in [5.74, 6) is 2.41. The van der Waals surface area contributed by atoms with Gasteiger partial charge in [-0.05, 0) is 87.0 Å². The lowest BCUT2D eigenvalue weighted by Crippen LogP contribution is -2.58. The summed E-state index contributed by atoms with van der Waals surface area (Å²) in [4.78, 5) is 24.4. The molecular formula is C23H34O3. The molecule has 0 aromatic heterocycles. The van der Waals surface area contributed by atoms with Crippen LogP contribution in [0.25, 0.3) is 0 Å². The van der Waals surface area contributed by atoms with Crippen molar-refractivity contribution in [3.8, 4) is 0 Å². The van der Waals surface area contributed by atoms with Gasteiger partial charge < -0.3 is 5.11 Å². The molecule has 3 saturated carbocycles. The summed E-state index contributed by atoms with van der Waals surface area (Å²) in [5, 5.41) is 11.2. The predicted octanol–water partition coefficient (Wildman–Crippen LogP) is 4.47. The van der Waals surface area contributed by atoms with Crippen LogP contribution in [-0.2, 0) is 9.59 Å². The molecule has 4 aliphatic carbocycles. The van der Waals surface area contributed by atoms with E-state index in [1.807, 2.05) is 6.08 Å². The van der Waals surface area contributed by atoms with Crippen molar-refractivity contribution in [3.63, 3.8) is 0 Å². The highest BCUT2D eigenvalue weighted by Gasteiger charge is 2.66. The summed E-state index contributed by atoms with van der Waals surface area (Å²) in [6.45, 7) is 8.42. The number of rotatable bonds is 2. The number of carbonyl (C=O) groups is 2. The molecule has 4 aliphatic rings. The number of hydrogen-bond donors (Lipinski definition) is 1. The summed E-state index contributed by atoms with van der Waals surface area (Å²) < 4.78 is 0. The van der Waals surface area contributed by atoms with E-state index in [4.69, 9.17) is 0 Å². The first-order valence-electron chi connectivity index (χ1n) is 10.6. The molecule has 3 heteroatoms. The number of allylic oxidation sites excluding steroid dienone is 1. The molecule has 0 heterocycles. The molecule has 0 saturated heterocycles. The maximum atomic E-state index is 12.3. The van der Waals surface area contributed by atoms with Crippen molar-refractivity contribution in [3.05, 3.63) is 11.6 Å². The topological polar surface area (TPSA) is 54.4 Å². The Kier molecular flexibility index (Phi) is 4.08. The van der Waals surface area contributed by atoms with Gasteiger partial charge in [-0.1, -0.05) is 26.3 Å². The molecule has 0 aromatic rings. The summed E-state index contributed by atoms with van der Waals surface area (Å²) in [6, 6.07) is 0. The maximum absolute atomic E-state index is 12.3. The van der Waals surface area contributed by atoms with Crippen LogP contribution in [0.5, 0.6) is 0 Å². The van der Waals surface area contributed by atoms with Crippen LogP contribution in [0.2, 0.25) is 0 Å². The van der Waals surface area contributed by atoms with Gasteiger partial charge in [0.2, 0.25) is 0 Å². The van der Waals surface area contributed by atoms with Gasteiger partial charge in [-0.15, -0.1) is 0 Å². The van der Waals surface area contributed by atoms with Crippen molar-refractivity contribution >= 4 is 11.6 Å². The molecule has 6 atom stereocenters. The van der Waals surface area contributed by atoms with Crippen LogP contribution < -0.4 is 0 Å². The highest BCUT2D eigenvalue weighted by molar-refractivity contribution is 5.91. The highest BCUT2D eigenvalue weighted by atomic mass is 16.3. The molecule has 0 spiro atoms. The van der Waals surface area contributed by atoms with E-state index in [0.29, 0.717) is 42.3 Å². The number of aliphatic hydroxyl groups is 1. The van der Waals surface area contributed by atoms with Crippen molar-refractivity contribution in [2.45, 2.75) is 84.7 Å². The van der Waals surface area contributed by atoms with E-state index in [1.165, 1.54) is 5.57 Å². The Labute approximate surface area is 157 Å². The number of hydrogen-bond acceptors (Lipinski definition) is 3. The fraction of sp³-hybridized carbons (Fsp3) is 0.826. The molecule has 3 nitrogen and oxygen atoms in total. The second-order valence-electron chi connectivity index (χ2n) is 10.2. The summed E-state index contributed by atoms with van der Waals surface area (Å²) in [6.07, 6.45) is 9.42. The Morgan fingerprint density at radius 2 is 1.81 bits per heavy atom. The van der Waals surface area contributed by atoms with E-state index in [-0.39, 0.29) is 16.6 Å². The minimum Gasteiger partial charge on any atom is -0.382 e. The fourth-order valence-electron chi connectivity index (χ4n) is 7.95. The molecule has 144 valence electrons. The van der Waals surface area contributed by atoms with E-state index in [1.54, 1.807) is 6.92 Å². The molecule has 1 N–H and O–H groups in total. The SMILES string of the molecule is CC(=O)[C@@]1(O)CC[C@H]2[C@@H]3CCC4=CC(=O)CC[C@]4(C(C)C)[C@H]3CC[C@@]21C. The number of carbonyl (C=O) groups excluding carboxylic acids is 2. The van der Waals surface area contributed by atoms with E-state index in [2.05, 4.69) is 20.8 Å². The minimum absolute atomic E-state index is 0.0424. The molecule has 26 heavy (non-hydrogen) atoms. The van der Waals surface area contributed by atoms with Gasteiger partial charge in [-0.25, -0.2) is 0 Å². The van der Waals surface area contributed by atoms with Gasteiger partial charge in [-0.3, -0.25) is 9.59 Å². The monoisotopic (exact) mass is 358 g/mol. The molecule has 0 aliphatic heterocycles. The average molecular weight is 359 g/mol. The zero-order valence-electron chi connectivity index (χ0n) is 16.8. The second-order valence-corrected chi connectivity index (χ2v) is 10.2. The standard InChI is InChI=1S/C23H34O3/c1-14(2)22-11-7-17(25)13-16(22)5-6-18-19-9-12-23(26,15(3)24)21(19,4)10-8-20(18)22/h13-14,18-20,26H,5-12H2,1-4H3/t18-,19-,20-,21-,22+,23-/m0/s1. The quantitative estimate of drug-likeness (QED) is 0.792. The third kappa shape index (κ3) is 2.10. The Hall–Kier alpha value is -0.960. The van der Waals surface area contributed by atoms with Crippen LogP contribution in [-0.4, -0.2) is 22.3 Å². The Balaban J connectivity index is 1.75. The average Bonchev–Trinajstić information content (AvgIpc) is 2.87. The molecule has 4 rings (SSSR count). The summed E-state index contributed by atoms with van der Waals surface area (Å²) >= 11 is 0. The van der Waals surface area contributed by atoms with Crippen molar-refractivity contribution in [2.24, 2.45) is 34.5 Å². The molecule has 0 amide bonds.